The molecule has 5 nitrogen and oxygen atoms in total. The van der Waals surface area contributed by atoms with Crippen LogP contribution in [0.2, 0.25) is 0 Å². The zero-order chi connectivity index (χ0) is 15.3. The van der Waals surface area contributed by atoms with Crippen molar-refractivity contribution in [1.29, 1.82) is 5.26 Å². The van der Waals surface area contributed by atoms with E-state index in [2.05, 4.69) is 4.72 Å². The van der Waals surface area contributed by atoms with Crippen LogP contribution in [0.4, 0.5) is 0 Å². The lowest BCUT2D eigenvalue weighted by Crippen LogP contribution is -2.23. The highest BCUT2D eigenvalue weighted by Crippen LogP contribution is 2.18. The Hall–Kier alpha value is -2.36. The number of hydrogen-bond donors (Lipinski definition) is 1. The monoisotopic (exact) mass is 302 g/mol. The van der Waals surface area contributed by atoms with Gasteiger partial charge in [-0.3, -0.25) is 0 Å². The van der Waals surface area contributed by atoms with Gasteiger partial charge in [0.1, 0.15) is 5.75 Å². The van der Waals surface area contributed by atoms with Crippen LogP contribution >= 0.6 is 0 Å². The van der Waals surface area contributed by atoms with Gasteiger partial charge < -0.3 is 4.74 Å². The van der Waals surface area contributed by atoms with Crippen molar-refractivity contribution >= 4 is 10.0 Å². The molecule has 2 aromatic rings. The average molecular weight is 302 g/mol. The van der Waals surface area contributed by atoms with Crippen LogP contribution in [0.1, 0.15) is 11.1 Å². The smallest absolute Gasteiger partial charge is 0.240 e. The van der Waals surface area contributed by atoms with Gasteiger partial charge in [0.05, 0.1) is 23.6 Å². The molecule has 0 aliphatic carbocycles. The van der Waals surface area contributed by atoms with Gasteiger partial charge in [0, 0.05) is 12.1 Å². The minimum atomic E-state index is -3.62. The fourth-order valence-electron chi connectivity index (χ4n) is 1.81. The summed E-state index contributed by atoms with van der Waals surface area (Å²) in [5.74, 6) is 0.625. The summed E-state index contributed by atoms with van der Waals surface area (Å²) in [4.78, 5) is 0.122. The molecule has 0 saturated heterocycles. The number of rotatable bonds is 5. The summed E-state index contributed by atoms with van der Waals surface area (Å²) < 4.78 is 32.0. The molecule has 108 valence electrons. The van der Waals surface area contributed by atoms with Crippen LogP contribution in [0.15, 0.2) is 53.4 Å². The summed E-state index contributed by atoms with van der Waals surface area (Å²) in [6, 6.07) is 14.9. The Labute approximate surface area is 123 Å². The Morgan fingerprint density at radius 3 is 2.43 bits per heavy atom. The Morgan fingerprint density at radius 1 is 1.14 bits per heavy atom. The molecule has 2 aromatic carbocycles. The number of nitriles is 1. The summed E-state index contributed by atoms with van der Waals surface area (Å²) >= 11 is 0. The van der Waals surface area contributed by atoms with E-state index in [1.165, 1.54) is 31.4 Å². The minimum Gasteiger partial charge on any atom is -0.496 e. The second-order valence-electron chi connectivity index (χ2n) is 4.27. The van der Waals surface area contributed by atoms with Gasteiger partial charge in [-0.1, -0.05) is 18.2 Å². The van der Waals surface area contributed by atoms with Gasteiger partial charge in [0.25, 0.3) is 0 Å². The van der Waals surface area contributed by atoms with Crippen LogP contribution in [-0.4, -0.2) is 15.5 Å². The van der Waals surface area contributed by atoms with Gasteiger partial charge >= 0.3 is 0 Å². The molecule has 0 aliphatic heterocycles. The SMILES string of the molecule is COc1ccccc1CNS(=O)(=O)c1ccc(C#N)cc1. The molecule has 0 aromatic heterocycles. The van der Waals surface area contributed by atoms with E-state index < -0.39 is 10.0 Å². The minimum absolute atomic E-state index is 0.122. The molecule has 0 heterocycles. The van der Waals surface area contributed by atoms with E-state index in [0.717, 1.165) is 5.56 Å². The molecule has 0 radical (unpaired) electrons. The fraction of sp³-hybridized carbons (Fsp3) is 0.133. The number of nitrogens with zero attached hydrogens (tertiary/aromatic N) is 1. The molecule has 0 amide bonds. The van der Waals surface area contributed by atoms with Crippen LogP contribution in [0.5, 0.6) is 5.75 Å². The second kappa shape index (κ2) is 6.39. The summed E-state index contributed by atoms with van der Waals surface area (Å²) in [5.41, 5.74) is 1.16. The predicted octanol–water partition coefficient (Wildman–Crippen LogP) is 2.05. The molecule has 0 fully saturated rings. The number of sulfonamides is 1. The third kappa shape index (κ3) is 3.60. The standard InChI is InChI=1S/C15H14N2O3S/c1-20-15-5-3-2-4-13(15)11-17-21(18,19)14-8-6-12(10-16)7-9-14/h2-9,17H,11H2,1H3. The number of benzene rings is 2. The summed E-state index contributed by atoms with van der Waals surface area (Å²) in [5, 5.41) is 8.71. The molecule has 0 saturated carbocycles. The van der Waals surface area contributed by atoms with Crippen LogP contribution in [-0.2, 0) is 16.6 Å². The third-order valence-corrected chi connectivity index (χ3v) is 4.36. The molecule has 0 unspecified atom stereocenters. The van der Waals surface area contributed by atoms with E-state index in [1.807, 2.05) is 18.2 Å². The number of hydrogen-bond acceptors (Lipinski definition) is 4. The zero-order valence-corrected chi connectivity index (χ0v) is 12.2. The fourth-order valence-corrected chi connectivity index (χ4v) is 2.82. The maximum Gasteiger partial charge on any atom is 0.240 e. The maximum atomic E-state index is 12.2. The molecule has 0 aliphatic rings. The van der Waals surface area contributed by atoms with Gasteiger partial charge in [0.2, 0.25) is 10.0 Å². The van der Waals surface area contributed by atoms with Crippen molar-refractivity contribution in [3.8, 4) is 11.8 Å². The summed E-state index contributed by atoms with van der Waals surface area (Å²) in [6.07, 6.45) is 0. The second-order valence-corrected chi connectivity index (χ2v) is 6.04. The number of nitrogens with one attached hydrogen (secondary N) is 1. The van der Waals surface area contributed by atoms with Crippen molar-refractivity contribution in [3.05, 3.63) is 59.7 Å². The quantitative estimate of drug-likeness (QED) is 0.916. The lowest BCUT2D eigenvalue weighted by molar-refractivity contribution is 0.409. The van der Waals surface area contributed by atoms with E-state index in [9.17, 15) is 8.42 Å². The van der Waals surface area contributed by atoms with Gasteiger partial charge in [-0.05, 0) is 30.3 Å². The molecular formula is C15H14N2O3S. The van der Waals surface area contributed by atoms with Crippen LogP contribution < -0.4 is 9.46 Å². The van der Waals surface area contributed by atoms with Crippen molar-refractivity contribution in [1.82, 2.24) is 4.72 Å². The normalized spacial score (nSPS) is 10.9. The van der Waals surface area contributed by atoms with Gasteiger partial charge in [-0.25, -0.2) is 13.1 Å². The highest BCUT2D eigenvalue weighted by Gasteiger charge is 2.14. The Bertz CT molecular complexity index is 762. The predicted molar refractivity (Wildman–Crippen MR) is 78.2 cm³/mol. The number of ether oxygens (including phenoxy) is 1. The van der Waals surface area contributed by atoms with Gasteiger partial charge in [-0.2, -0.15) is 5.26 Å². The van der Waals surface area contributed by atoms with Crippen LogP contribution in [0.25, 0.3) is 0 Å². The molecule has 21 heavy (non-hydrogen) atoms. The molecule has 0 bridgehead atoms. The summed E-state index contributed by atoms with van der Waals surface area (Å²) in [6.45, 7) is 0.131. The molecule has 6 heteroatoms. The van der Waals surface area contributed by atoms with Crippen molar-refractivity contribution in [2.75, 3.05) is 7.11 Å². The van der Waals surface area contributed by atoms with Crippen LogP contribution in [0, 0.1) is 11.3 Å². The number of methoxy groups -OCH3 is 1. The average Bonchev–Trinajstić information content (AvgIpc) is 2.53. The third-order valence-electron chi connectivity index (χ3n) is 2.94. The van der Waals surface area contributed by atoms with E-state index in [4.69, 9.17) is 10.00 Å². The molecular weight excluding hydrogens is 288 g/mol. The van der Waals surface area contributed by atoms with Gasteiger partial charge in [0.15, 0.2) is 0 Å². The van der Waals surface area contributed by atoms with E-state index in [1.54, 1.807) is 12.1 Å². The number of para-hydroxylation sites is 1. The topological polar surface area (TPSA) is 79.2 Å². The lowest BCUT2D eigenvalue weighted by atomic mass is 10.2. The first-order valence-electron chi connectivity index (χ1n) is 6.18. The first-order chi connectivity index (χ1) is 10.1. The first-order valence-corrected chi connectivity index (χ1v) is 7.67. The van der Waals surface area contributed by atoms with E-state index in [-0.39, 0.29) is 11.4 Å². The van der Waals surface area contributed by atoms with Crippen molar-refractivity contribution in [3.63, 3.8) is 0 Å². The van der Waals surface area contributed by atoms with Crippen molar-refractivity contribution in [2.45, 2.75) is 11.4 Å². The van der Waals surface area contributed by atoms with E-state index in [0.29, 0.717) is 11.3 Å². The zero-order valence-electron chi connectivity index (χ0n) is 11.4. The highest BCUT2D eigenvalue weighted by atomic mass is 32.2. The Morgan fingerprint density at radius 2 is 1.81 bits per heavy atom. The largest absolute Gasteiger partial charge is 0.496 e. The molecule has 1 N–H and O–H groups in total. The Kier molecular flexibility index (Phi) is 4.58. The first kappa shape index (κ1) is 15.0. The van der Waals surface area contributed by atoms with Gasteiger partial charge in [-0.15, -0.1) is 0 Å². The molecule has 2 rings (SSSR count). The van der Waals surface area contributed by atoms with E-state index >= 15 is 0 Å². The van der Waals surface area contributed by atoms with Crippen LogP contribution in [0.3, 0.4) is 0 Å². The lowest BCUT2D eigenvalue weighted by Gasteiger charge is -2.10. The Balaban J connectivity index is 2.16. The molecule has 0 spiro atoms. The molecule has 0 atom stereocenters. The maximum absolute atomic E-state index is 12.2. The highest BCUT2D eigenvalue weighted by molar-refractivity contribution is 7.89. The van der Waals surface area contributed by atoms with Crippen molar-refractivity contribution in [2.24, 2.45) is 0 Å². The summed E-state index contributed by atoms with van der Waals surface area (Å²) in [7, 11) is -2.09. The van der Waals surface area contributed by atoms with Crippen molar-refractivity contribution < 1.29 is 13.2 Å².